The third-order valence-corrected chi connectivity index (χ3v) is 4.02. The van der Waals surface area contributed by atoms with E-state index in [1.165, 1.54) is 16.8 Å². The molecule has 1 aliphatic rings. The van der Waals surface area contributed by atoms with Crippen LogP contribution < -0.4 is 10.2 Å². The fraction of sp³-hybridized carbons (Fsp3) is 0.600. The van der Waals surface area contributed by atoms with Gasteiger partial charge in [0.2, 0.25) is 0 Å². The van der Waals surface area contributed by atoms with Gasteiger partial charge in [-0.15, -0.1) is 0 Å². The first-order valence-corrected chi connectivity index (χ1v) is 6.81. The topological polar surface area (TPSA) is 18.5 Å². The fourth-order valence-electron chi connectivity index (χ4n) is 2.55. The van der Waals surface area contributed by atoms with Crippen molar-refractivity contribution in [3.05, 3.63) is 29.3 Å². The van der Waals surface area contributed by atoms with Crippen molar-refractivity contribution in [3.63, 3.8) is 0 Å². The van der Waals surface area contributed by atoms with Gasteiger partial charge in [0.1, 0.15) is 0 Å². The second-order valence-corrected chi connectivity index (χ2v) is 5.42. The van der Waals surface area contributed by atoms with Gasteiger partial charge in [-0.25, -0.2) is 0 Å². The predicted molar refractivity (Wildman–Crippen MR) is 78.2 cm³/mol. The highest BCUT2D eigenvalue weighted by molar-refractivity contribution is 5.51. The van der Waals surface area contributed by atoms with Crippen LogP contribution >= 0.6 is 0 Å². The Morgan fingerprint density at radius 1 is 1.33 bits per heavy atom. The standard InChI is InChI=1S/C15H25N3/c1-12-9-15(6-5-14(12)10-16-3)18-8-7-17(4)13(2)11-18/h5-6,9,13,16H,7-8,10-11H2,1-4H3. The molecule has 18 heavy (non-hydrogen) atoms. The molecule has 3 heteroatoms. The first kappa shape index (κ1) is 13.4. The Labute approximate surface area is 111 Å². The first-order valence-electron chi connectivity index (χ1n) is 6.81. The lowest BCUT2D eigenvalue weighted by molar-refractivity contribution is 0.234. The van der Waals surface area contributed by atoms with Gasteiger partial charge in [-0.05, 0) is 51.2 Å². The van der Waals surface area contributed by atoms with E-state index in [0.717, 1.165) is 26.2 Å². The first-order chi connectivity index (χ1) is 8.61. The van der Waals surface area contributed by atoms with Crippen LogP contribution in [0.1, 0.15) is 18.1 Å². The number of nitrogens with zero attached hydrogens (tertiary/aromatic N) is 2. The van der Waals surface area contributed by atoms with Crippen LogP contribution in [0.2, 0.25) is 0 Å². The number of piperazine rings is 1. The Kier molecular flexibility index (Phi) is 4.25. The van der Waals surface area contributed by atoms with E-state index in [1.54, 1.807) is 0 Å². The van der Waals surface area contributed by atoms with E-state index in [0.29, 0.717) is 6.04 Å². The Morgan fingerprint density at radius 3 is 2.72 bits per heavy atom. The molecular weight excluding hydrogens is 222 g/mol. The average molecular weight is 247 g/mol. The highest BCUT2D eigenvalue weighted by Crippen LogP contribution is 2.21. The molecule has 1 saturated heterocycles. The number of nitrogens with one attached hydrogen (secondary N) is 1. The summed E-state index contributed by atoms with van der Waals surface area (Å²) >= 11 is 0. The maximum Gasteiger partial charge on any atom is 0.0370 e. The molecule has 1 aromatic rings. The van der Waals surface area contributed by atoms with Crippen molar-refractivity contribution < 1.29 is 0 Å². The smallest absolute Gasteiger partial charge is 0.0370 e. The number of benzene rings is 1. The van der Waals surface area contributed by atoms with E-state index in [4.69, 9.17) is 0 Å². The molecule has 1 atom stereocenters. The number of hydrogen-bond donors (Lipinski definition) is 1. The lowest BCUT2D eigenvalue weighted by Crippen LogP contribution is -2.50. The summed E-state index contributed by atoms with van der Waals surface area (Å²) in [5.74, 6) is 0. The Morgan fingerprint density at radius 2 is 2.11 bits per heavy atom. The quantitative estimate of drug-likeness (QED) is 0.879. The zero-order valence-corrected chi connectivity index (χ0v) is 12.0. The van der Waals surface area contributed by atoms with Gasteiger partial charge in [0.15, 0.2) is 0 Å². The second-order valence-electron chi connectivity index (χ2n) is 5.42. The van der Waals surface area contributed by atoms with Crippen molar-refractivity contribution in [2.24, 2.45) is 0 Å². The summed E-state index contributed by atoms with van der Waals surface area (Å²) in [6.07, 6.45) is 0. The number of aryl methyl sites for hydroxylation is 1. The zero-order chi connectivity index (χ0) is 13.1. The molecule has 1 fully saturated rings. The summed E-state index contributed by atoms with van der Waals surface area (Å²) < 4.78 is 0. The molecule has 1 aromatic carbocycles. The van der Waals surface area contributed by atoms with Gasteiger partial charge in [0, 0.05) is 37.9 Å². The normalized spacial score (nSPS) is 21.3. The molecular formula is C15H25N3. The molecule has 2 rings (SSSR count). The summed E-state index contributed by atoms with van der Waals surface area (Å²) in [5, 5.41) is 3.22. The van der Waals surface area contributed by atoms with Crippen LogP contribution in [-0.4, -0.2) is 44.7 Å². The average Bonchev–Trinajstić information content (AvgIpc) is 2.35. The van der Waals surface area contributed by atoms with Gasteiger partial charge in [-0.1, -0.05) is 6.07 Å². The van der Waals surface area contributed by atoms with Crippen LogP contribution in [0.15, 0.2) is 18.2 Å². The molecule has 1 N–H and O–H groups in total. The summed E-state index contributed by atoms with van der Waals surface area (Å²) in [5.41, 5.74) is 4.14. The van der Waals surface area contributed by atoms with E-state index in [1.807, 2.05) is 7.05 Å². The minimum atomic E-state index is 0.635. The molecule has 0 bridgehead atoms. The molecule has 0 aromatic heterocycles. The van der Waals surface area contributed by atoms with Crippen LogP contribution in [0.25, 0.3) is 0 Å². The zero-order valence-electron chi connectivity index (χ0n) is 12.0. The monoisotopic (exact) mass is 247 g/mol. The number of hydrogen-bond acceptors (Lipinski definition) is 3. The van der Waals surface area contributed by atoms with E-state index in [9.17, 15) is 0 Å². The molecule has 1 unspecified atom stereocenters. The van der Waals surface area contributed by atoms with Crippen molar-refractivity contribution in [1.82, 2.24) is 10.2 Å². The van der Waals surface area contributed by atoms with Crippen LogP contribution in [0.4, 0.5) is 5.69 Å². The fourth-order valence-corrected chi connectivity index (χ4v) is 2.55. The molecule has 100 valence electrons. The highest BCUT2D eigenvalue weighted by atomic mass is 15.3. The third-order valence-electron chi connectivity index (χ3n) is 4.02. The van der Waals surface area contributed by atoms with Gasteiger partial charge < -0.3 is 15.1 Å². The van der Waals surface area contributed by atoms with Gasteiger partial charge in [-0.2, -0.15) is 0 Å². The van der Waals surface area contributed by atoms with Crippen LogP contribution in [0.3, 0.4) is 0 Å². The molecule has 0 saturated carbocycles. The molecule has 1 aliphatic heterocycles. The van der Waals surface area contributed by atoms with Crippen molar-refractivity contribution in [2.75, 3.05) is 38.6 Å². The van der Waals surface area contributed by atoms with Gasteiger partial charge in [0.25, 0.3) is 0 Å². The van der Waals surface area contributed by atoms with E-state index in [-0.39, 0.29) is 0 Å². The summed E-state index contributed by atoms with van der Waals surface area (Å²) in [6.45, 7) is 8.86. The minimum absolute atomic E-state index is 0.635. The van der Waals surface area contributed by atoms with Gasteiger partial charge in [-0.3, -0.25) is 0 Å². The summed E-state index contributed by atoms with van der Waals surface area (Å²) in [7, 11) is 4.21. The Hall–Kier alpha value is -1.06. The maximum absolute atomic E-state index is 3.22. The van der Waals surface area contributed by atoms with Crippen LogP contribution in [-0.2, 0) is 6.54 Å². The minimum Gasteiger partial charge on any atom is -0.369 e. The second kappa shape index (κ2) is 5.72. The van der Waals surface area contributed by atoms with Crippen molar-refractivity contribution in [2.45, 2.75) is 26.4 Å². The summed E-state index contributed by atoms with van der Waals surface area (Å²) in [4.78, 5) is 4.93. The number of likely N-dealkylation sites (N-methyl/N-ethyl adjacent to an activating group) is 1. The largest absolute Gasteiger partial charge is 0.369 e. The Balaban J connectivity index is 2.12. The van der Waals surface area contributed by atoms with E-state index in [2.05, 4.69) is 54.2 Å². The number of anilines is 1. The SMILES string of the molecule is CNCc1ccc(N2CCN(C)C(C)C2)cc1C. The molecule has 0 spiro atoms. The highest BCUT2D eigenvalue weighted by Gasteiger charge is 2.20. The third kappa shape index (κ3) is 2.85. The molecule has 0 amide bonds. The predicted octanol–water partition coefficient (Wildman–Crippen LogP) is 1.85. The molecule has 1 heterocycles. The van der Waals surface area contributed by atoms with E-state index >= 15 is 0 Å². The number of rotatable bonds is 3. The molecule has 0 radical (unpaired) electrons. The summed E-state index contributed by atoms with van der Waals surface area (Å²) in [6, 6.07) is 7.48. The van der Waals surface area contributed by atoms with Crippen LogP contribution in [0, 0.1) is 6.92 Å². The molecule has 0 aliphatic carbocycles. The van der Waals surface area contributed by atoms with Crippen molar-refractivity contribution in [3.8, 4) is 0 Å². The van der Waals surface area contributed by atoms with Crippen molar-refractivity contribution >= 4 is 5.69 Å². The van der Waals surface area contributed by atoms with E-state index < -0.39 is 0 Å². The Bertz CT molecular complexity index is 403. The van der Waals surface area contributed by atoms with Gasteiger partial charge in [0.05, 0.1) is 0 Å². The molecule has 3 nitrogen and oxygen atoms in total. The lowest BCUT2D eigenvalue weighted by Gasteiger charge is -2.39. The lowest BCUT2D eigenvalue weighted by atomic mass is 10.1. The van der Waals surface area contributed by atoms with Crippen LogP contribution in [0.5, 0.6) is 0 Å². The maximum atomic E-state index is 3.22. The van der Waals surface area contributed by atoms with Gasteiger partial charge >= 0.3 is 0 Å². The van der Waals surface area contributed by atoms with Crippen molar-refractivity contribution in [1.29, 1.82) is 0 Å².